The van der Waals surface area contributed by atoms with Gasteiger partial charge in [-0.15, -0.1) is 5.12 Å². The molecule has 4 N–H and O–H groups in total. The number of hydrazine groups is 2. The maximum absolute atomic E-state index is 13.5. The maximum Gasteiger partial charge on any atom is 0.223 e. The van der Waals surface area contributed by atoms with Crippen LogP contribution in [0.4, 0.5) is 10.3 Å². The van der Waals surface area contributed by atoms with E-state index in [0.29, 0.717) is 37.0 Å². The van der Waals surface area contributed by atoms with Gasteiger partial charge >= 0.3 is 0 Å². The number of nitrogens with two attached hydrogens (primary N) is 1. The number of anilines is 1. The molecule has 3 aromatic rings. The Labute approximate surface area is 186 Å². The highest BCUT2D eigenvalue weighted by atomic mass is 19.1. The van der Waals surface area contributed by atoms with E-state index in [4.69, 9.17) is 15.6 Å². The van der Waals surface area contributed by atoms with Crippen LogP contribution in [0, 0.1) is 5.82 Å². The van der Waals surface area contributed by atoms with E-state index >= 15 is 0 Å². The van der Waals surface area contributed by atoms with E-state index in [1.807, 2.05) is 44.3 Å². The van der Waals surface area contributed by atoms with E-state index in [2.05, 4.69) is 15.7 Å². The second-order valence-corrected chi connectivity index (χ2v) is 7.20. The third-order valence-corrected chi connectivity index (χ3v) is 4.97. The Bertz CT molecular complexity index is 1090. The van der Waals surface area contributed by atoms with Crippen molar-refractivity contribution in [1.29, 1.82) is 0 Å². The molecule has 0 unspecified atom stereocenters. The predicted molar refractivity (Wildman–Crippen MR) is 121 cm³/mol. The number of nitrogens with one attached hydrogen (secondary N) is 2. The Morgan fingerprint density at radius 3 is 2.47 bits per heavy atom. The molecule has 1 aliphatic heterocycles. The lowest BCUT2D eigenvalue weighted by molar-refractivity contribution is -0.231. The fourth-order valence-corrected chi connectivity index (χ4v) is 3.37. The SMILES string of the molecule is CCON1C(c2ccnc(NCc3ccc(CN)cc3)n2)=C(c2ccc(F)cc2)NN1C. The molecule has 0 atom stereocenters. The number of hydrogen-bond acceptors (Lipinski definition) is 8. The van der Waals surface area contributed by atoms with Gasteiger partial charge in [-0.2, -0.15) is 5.17 Å². The average molecular weight is 436 g/mol. The summed E-state index contributed by atoms with van der Waals surface area (Å²) >= 11 is 0. The van der Waals surface area contributed by atoms with Crippen molar-refractivity contribution in [3.8, 4) is 0 Å². The molecule has 9 heteroatoms. The monoisotopic (exact) mass is 435 g/mol. The highest BCUT2D eigenvalue weighted by molar-refractivity contribution is 5.88. The van der Waals surface area contributed by atoms with E-state index in [1.165, 1.54) is 12.1 Å². The van der Waals surface area contributed by atoms with Crippen molar-refractivity contribution < 1.29 is 9.23 Å². The van der Waals surface area contributed by atoms with Crippen LogP contribution in [-0.2, 0) is 17.9 Å². The quantitative estimate of drug-likeness (QED) is 0.497. The fourth-order valence-electron chi connectivity index (χ4n) is 3.37. The van der Waals surface area contributed by atoms with Gasteiger partial charge in [-0.3, -0.25) is 10.3 Å². The summed E-state index contributed by atoms with van der Waals surface area (Å²) in [6.07, 6.45) is 1.69. The molecular weight excluding hydrogens is 409 g/mol. The smallest absolute Gasteiger partial charge is 0.223 e. The van der Waals surface area contributed by atoms with Crippen LogP contribution in [0.5, 0.6) is 0 Å². The first-order valence-corrected chi connectivity index (χ1v) is 10.4. The molecule has 0 spiro atoms. The van der Waals surface area contributed by atoms with Gasteiger partial charge in [-0.25, -0.2) is 14.4 Å². The minimum Gasteiger partial charge on any atom is -0.350 e. The summed E-state index contributed by atoms with van der Waals surface area (Å²) in [6, 6.07) is 16.2. The van der Waals surface area contributed by atoms with Gasteiger partial charge in [0, 0.05) is 31.9 Å². The zero-order valence-corrected chi connectivity index (χ0v) is 18.0. The molecule has 166 valence electrons. The molecule has 2 aromatic carbocycles. The Kier molecular flexibility index (Phi) is 6.60. The number of rotatable bonds is 8. The first kappa shape index (κ1) is 21.7. The van der Waals surface area contributed by atoms with E-state index in [9.17, 15) is 4.39 Å². The van der Waals surface area contributed by atoms with Crippen molar-refractivity contribution in [1.82, 2.24) is 25.7 Å². The van der Waals surface area contributed by atoms with E-state index in [-0.39, 0.29) is 5.82 Å². The topological polar surface area (TPSA) is 91.6 Å². The lowest BCUT2D eigenvalue weighted by atomic mass is 10.1. The zero-order valence-electron chi connectivity index (χ0n) is 18.0. The Hall–Kier alpha value is -3.53. The summed E-state index contributed by atoms with van der Waals surface area (Å²) in [7, 11) is 1.83. The molecular formula is C23H26FN7O. The fraction of sp³-hybridized carbons (Fsp3) is 0.217. The van der Waals surface area contributed by atoms with Crippen molar-refractivity contribution in [2.24, 2.45) is 5.73 Å². The molecule has 1 aromatic heterocycles. The van der Waals surface area contributed by atoms with Crippen LogP contribution in [-0.4, -0.2) is 33.9 Å². The van der Waals surface area contributed by atoms with Crippen molar-refractivity contribution in [3.05, 3.63) is 89.0 Å². The summed E-state index contributed by atoms with van der Waals surface area (Å²) in [5.41, 5.74) is 14.0. The summed E-state index contributed by atoms with van der Waals surface area (Å²) in [4.78, 5) is 14.9. The van der Waals surface area contributed by atoms with Crippen LogP contribution in [0.1, 0.15) is 29.3 Å². The van der Waals surface area contributed by atoms with E-state index in [0.717, 1.165) is 22.4 Å². The Morgan fingerprint density at radius 2 is 1.78 bits per heavy atom. The van der Waals surface area contributed by atoms with E-state index in [1.54, 1.807) is 28.6 Å². The van der Waals surface area contributed by atoms with Crippen molar-refractivity contribution in [2.45, 2.75) is 20.0 Å². The van der Waals surface area contributed by atoms with Gasteiger partial charge in [0.1, 0.15) is 11.5 Å². The van der Waals surface area contributed by atoms with Crippen LogP contribution in [0.3, 0.4) is 0 Å². The number of aromatic nitrogens is 2. The van der Waals surface area contributed by atoms with Gasteiger partial charge < -0.3 is 11.1 Å². The largest absolute Gasteiger partial charge is 0.350 e. The number of halogens is 1. The number of hydrogen-bond donors (Lipinski definition) is 3. The van der Waals surface area contributed by atoms with Crippen LogP contribution in [0.25, 0.3) is 11.4 Å². The molecule has 0 saturated heterocycles. The Balaban J connectivity index is 1.63. The molecule has 0 saturated carbocycles. The van der Waals surface area contributed by atoms with Gasteiger partial charge in [-0.05, 0) is 48.4 Å². The third-order valence-electron chi connectivity index (χ3n) is 4.97. The predicted octanol–water partition coefficient (Wildman–Crippen LogP) is 3.13. The number of hydroxylamine groups is 1. The highest BCUT2D eigenvalue weighted by Gasteiger charge is 2.31. The maximum atomic E-state index is 13.5. The number of benzene rings is 2. The number of nitrogens with zero attached hydrogens (tertiary/aromatic N) is 4. The first-order valence-electron chi connectivity index (χ1n) is 10.4. The second-order valence-electron chi connectivity index (χ2n) is 7.20. The van der Waals surface area contributed by atoms with Gasteiger partial charge in [-0.1, -0.05) is 24.3 Å². The highest BCUT2D eigenvalue weighted by Crippen LogP contribution is 2.33. The minimum absolute atomic E-state index is 0.295. The molecule has 32 heavy (non-hydrogen) atoms. The molecule has 0 bridgehead atoms. The summed E-state index contributed by atoms with van der Waals surface area (Å²) < 4.78 is 13.5. The van der Waals surface area contributed by atoms with Gasteiger partial charge in [0.15, 0.2) is 0 Å². The summed E-state index contributed by atoms with van der Waals surface area (Å²) in [5.74, 6) is 0.194. The van der Waals surface area contributed by atoms with Crippen LogP contribution in [0.15, 0.2) is 60.8 Å². The zero-order chi connectivity index (χ0) is 22.5. The molecule has 2 heterocycles. The minimum atomic E-state index is -0.295. The normalized spacial score (nSPS) is 14.1. The van der Waals surface area contributed by atoms with Crippen molar-refractivity contribution in [3.63, 3.8) is 0 Å². The standard InChI is InChI=1S/C23H26FN7O/c1-3-32-31-22(21(29-30(31)2)18-8-10-19(24)11-9-18)20-12-13-26-23(28-20)27-15-17-6-4-16(14-25)5-7-17/h4-13,29H,3,14-15,25H2,1-2H3,(H,26,27,28). The first-order chi connectivity index (χ1) is 15.6. The summed E-state index contributed by atoms with van der Waals surface area (Å²) in [5, 5.41) is 6.61. The third kappa shape index (κ3) is 4.70. The molecule has 0 aliphatic carbocycles. The van der Waals surface area contributed by atoms with Crippen molar-refractivity contribution >= 4 is 17.3 Å². The average Bonchev–Trinajstić information content (AvgIpc) is 3.15. The lowest BCUT2D eigenvalue weighted by Crippen LogP contribution is -2.39. The van der Waals surface area contributed by atoms with E-state index < -0.39 is 0 Å². The molecule has 0 fully saturated rings. The van der Waals surface area contributed by atoms with Crippen LogP contribution < -0.4 is 16.5 Å². The Morgan fingerprint density at radius 1 is 1.06 bits per heavy atom. The lowest BCUT2D eigenvalue weighted by Gasteiger charge is -2.25. The molecule has 1 aliphatic rings. The second kappa shape index (κ2) is 9.73. The molecule has 0 radical (unpaired) electrons. The molecule has 0 amide bonds. The molecule has 8 nitrogen and oxygen atoms in total. The van der Waals surface area contributed by atoms with Gasteiger partial charge in [0.2, 0.25) is 5.95 Å². The van der Waals surface area contributed by atoms with Gasteiger partial charge in [0.25, 0.3) is 0 Å². The van der Waals surface area contributed by atoms with Crippen LogP contribution in [0.2, 0.25) is 0 Å². The van der Waals surface area contributed by atoms with Crippen molar-refractivity contribution in [2.75, 3.05) is 19.0 Å². The van der Waals surface area contributed by atoms with Gasteiger partial charge in [0.05, 0.1) is 18.0 Å². The van der Waals surface area contributed by atoms with Crippen LogP contribution >= 0.6 is 0 Å². The molecule has 4 rings (SSSR count). The summed E-state index contributed by atoms with van der Waals surface area (Å²) in [6.45, 7) is 3.46.